The Bertz CT molecular complexity index is 312. The average molecular weight is 264 g/mol. The normalized spacial score (nSPS) is 20.0. The van der Waals surface area contributed by atoms with Gasteiger partial charge in [0.2, 0.25) is 0 Å². The van der Waals surface area contributed by atoms with Gasteiger partial charge in [-0.2, -0.15) is 0 Å². The van der Waals surface area contributed by atoms with Crippen molar-refractivity contribution in [2.24, 2.45) is 0 Å². The summed E-state index contributed by atoms with van der Waals surface area (Å²) in [4.78, 5) is 0. The predicted octanol–water partition coefficient (Wildman–Crippen LogP) is 2.88. The Hall–Kier alpha value is -0.250. The van der Waals surface area contributed by atoms with Gasteiger partial charge in [-0.25, -0.2) is 0 Å². The largest absolute Gasteiger partial charge is 0.491 e. The maximum atomic E-state index is 5.83. The topological polar surface area (TPSA) is 21.8 Å². The number of hydrogen-bond donors (Lipinski definition) is 0. The SMILES string of the molecule is Clc1ccc(OCC2CO2)cc1Br. The fourth-order valence-corrected chi connectivity index (χ4v) is 1.40. The lowest BCUT2D eigenvalue weighted by molar-refractivity contribution is 0.263. The van der Waals surface area contributed by atoms with Crippen LogP contribution in [0.2, 0.25) is 5.02 Å². The summed E-state index contributed by atoms with van der Waals surface area (Å²) in [6.45, 7) is 1.43. The van der Waals surface area contributed by atoms with E-state index in [1.165, 1.54) is 0 Å². The van der Waals surface area contributed by atoms with Crippen molar-refractivity contribution in [3.63, 3.8) is 0 Å². The van der Waals surface area contributed by atoms with Crippen LogP contribution in [0.5, 0.6) is 5.75 Å². The van der Waals surface area contributed by atoms with Crippen LogP contribution in [-0.2, 0) is 4.74 Å². The summed E-state index contributed by atoms with van der Waals surface area (Å²) in [5.74, 6) is 0.812. The van der Waals surface area contributed by atoms with Crippen LogP contribution in [0.1, 0.15) is 0 Å². The lowest BCUT2D eigenvalue weighted by Gasteiger charge is -2.04. The Labute approximate surface area is 89.9 Å². The minimum absolute atomic E-state index is 0.287. The van der Waals surface area contributed by atoms with Gasteiger partial charge in [0.15, 0.2) is 0 Å². The summed E-state index contributed by atoms with van der Waals surface area (Å²) in [5, 5.41) is 0.690. The number of epoxide rings is 1. The molecule has 4 heteroatoms. The number of ether oxygens (including phenoxy) is 2. The van der Waals surface area contributed by atoms with Crippen molar-refractivity contribution in [1.29, 1.82) is 0 Å². The van der Waals surface area contributed by atoms with E-state index in [-0.39, 0.29) is 6.10 Å². The summed E-state index contributed by atoms with van der Waals surface area (Å²) in [6, 6.07) is 5.49. The Morgan fingerprint density at radius 2 is 2.38 bits per heavy atom. The first-order valence-electron chi connectivity index (χ1n) is 3.95. The van der Waals surface area contributed by atoms with Gasteiger partial charge in [0, 0.05) is 4.47 Å². The number of rotatable bonds is 3. The molecule has 13 heavy (non-hydrogen) atoms. The Balaban J connectivity index is 1.98. The third-order valence-electron chi connectivity index (χ3n) is 1.73. The first-order chi connectivity index (χ1) is 6.25. The van der Waals surface area contributed by atoms with Crippen molar-refractivity contribution in [3.8, 4) is 5.75 Å². The van der Waals surface area contributed by atoms with Crippen molar-refractivity contribution in [3.05, 3.63) is 27.7 Å². The van der Waals surface area contributed by atoms with E-state index in [9.17, 15) is 0 Å². The van der Waals surface area contributed by atoms with Crippen LogP contribution in [0.15, 0.2) is 22.7 Å². The van der Waals surface area contributed by atoms with Crippen LogP contribution < -0.4 is 4.74 Å². The van der Waals surface area contributed by atoms with E-state index >= 15 is 0 Å². The maximum Gasteiger partial charge on any atom is 0.120 e. The molecule has 0 radical (unpaired) electrons. The van der Waals surface area contributed by atoms with Crippen LogP contribution in [0.25, 0.3) is 0 Å². The van der Waals surface area contributed by atoms with Crippen LogP contribution >= 0.6 is 27.5 Å². The predicted molar refractivity (Wildman–Crippen MR) is 54.4 cm³/mol. The zero-order chi connectivity index (χ0) is 9.26. The zero-order valence-corrected chi connectivity index (χ0v) is 9.14. The molecule has 1 atom stereocenters. The number of hydrogen-bond acceptors (Lipinski definition) is 2. The third kappa shape index (κ3) is 2.59. The second-order valence-electron chi connectivity index (χ2n) is 2.84. The van der Waals surface area contributed by atoms with Gasteiger partial charge in [-0.05, 0) is 34.1 Å². The summed E-state index contributed by atoms with van der Waals surface area (Å²) < 4.78 is 11.3. The van der Waals surface area contributed by atoms with E-state index in [0.717, 1.165) is 16.8 Å². The van der Waals surface area contributed by atoms with Gasteiger partial charge in [0.25, 0.3) is 0 Å². The molecule has 0 bridgehead atoms. The van der Waals surface area contributed by atoms with Gasteiger partial charge >= 0.3 is 0 Å². The molecule has 0 spiro atoms. The smallest absolute Gasteiger partial charge is 0.120 e. The molecule has 1 heterocycles. The highest BCUT2D eigenvalue weighted by Crippen LogP contribution is 2.27. The van der Waals surface area contributed by atoms with Crippen molar-refractivity contribution < 1.29 is 9.47 Å². The molecule has 1 saturated heterocycles. The van der Waals surface area contributed by atoms with Crippen molar-refractivity contribution in [2.75, 3.05) is 13.2 Å². The summed E-state index contributed by atoms with van der Waals surface area (Å²) >= 11 is 9.15. The minimum atomic E-state index is 0.287. The van der Waals surface area contributed by atoms with Crippen LogP contribution in [-0.4, -0.2) is 19.3 Å². The standard InChI is InChI=1S/C9H8BrClO2/c10-8-3-6(1-2-9(8)11)12-4-7-5-13-7/h1-3,7H,4-5H2. The lowest BCUT2D eigenvalue weighted by Crippen LogP contribution is -2.03. The van der Waals surface area contributed by atoms with Gasteiger partial charge in [-0.3, -0.25) is 0 Å². The number of halogens is 2. The average Bonchev–Trinajstić information content (AvgIpc) is 2.91. The second-order valence-corrected chi connectivity index (χ2v) is 4.10. The van der Waals surface area contributed by atoms with Gasteiger partial charge in [-0.15, -0.1) is 0 Å². The Kier molecular flexibility index (Phi) is 2.77. The molecule has 1 aromatic rings. The minimum Gasteiger partial charge on any atom is -0.491 e. The van der Waals surface area contributed by atoms with Crippen molar-refractivity contribution in [1.82, 2.24) is 0 Å². The van der Waals surface area contributed by atoms with Gasteiger partial charge in [-0.1, -0.05) is 11.6 Å². The molecule has 0 amide bonds. The highest BCUT2D eigenvalue weighted by molar-refractivity contribution is 9.10. The molecule has 1 aliphatic heterocycles. The first-order valence-corrected chi connectivity index (χ1v) is 5.12. The molecule has 1 unspecified atom stereocenters. The number of benzene rings is 1. The van der Waals surface area contributed by atoms with Crippen LogP contribution in [0.3, 0.4) is 0 Å². The van der Waals surface area contributed by atoms with Crippen LogP contribution in [0.4, 0.5) is 0 Å². The fraction of sp³-hybridized carbons (Fsp3) is 0.333. The molecule has 2 rings (SSSR count). The summed E-state index contributed by atoms with van der Waals surface area (Å²) in [5.41, 5.74) is 0. The molecule has 1 aromatic carbocycles. The monoisotopic (exact) mass is 262 g/mol. The van der Waals surface area contributed by atoms with E-state index in [2.05, 4.69) is 15.9 Å². The third-order valence-corrected chi connectivity index (χ3v) is 2.94. The van der Waals surface area contributed by atoms with Crippen molar-refractivity contribution >= 4 is 27.5 Å². The summed E-state index contributed by atoms with van der Waals surface area (Å²) in [7, 11) is 0. The van der Waals surface area contributed by atoms with Gasteiger partial charge in [0.1, 0.15) is 18.5 Å². The highest BCUT2D eigenvalue weighted by atomic mass is 79.9. The molecule has 0 N–H and O–H groups in total. The zero-order valence-electron chi connectivity index (χ0n) is 6.80. The lowest BCUT2D eigenvalue weighted by atomic mass is 10.3. The second kappa shape index (κ2) is 3.86. The molecule has 0 saturated carbocycles. The Morgan fingerprint density at radius 1 is 1.62 bits per heavy atom. The molecule has 70 valence electrons. The molecular formula is C9H8BrClO2. The molecule has 0 aliphatic carbocycles. The van der Waals surface area contributed by atoms with E-state index in [1.54, 1.807) is 6.07 Å². The molecule has 0 aromatic heterocycles. The molecule has 2 nitrogen and oxygen atoms in total. The molecular weight excluding hydrogens is 255 g/mol. The van der Waals surface area contributed by atoms with Crippen LogP contribution in [0, 0.1) is 0 Å². The maximum absolute atomic E-state index is 5.83. The molecule has 1 aliphatic rings. The van der Waals surface area contributed by atoms with Gasteiger partial charge in [0.05, 0.1) is 11.6 Å². The van der Waals surface area contributed by atoms with E-state index in [0.29, 0.717) is 11.6 Å². The van der Waals surface area contributed by atoms with E-state index < -0.39 is 0 Å². The van der Waals surface area contributed by atoms with Crippen molar-refractivity contribution in [2.45, 2.75) is 6.10 Å². The van der Waals surface area contributed by atoms with Gasteiger partial charge < -0.3 is 9.47 Å². The highest BCUT2D eigenvalue weighted by Gasteiger charge is 2.23. The Morgan fingerprint density at radius 3 is 3.00 bits per heavy atom. The first kappa shape index (κ1) is 9.31. The van der Waals surface area contributed by atoms with E-state index in [1.807, 2.05) is 12.1 Å². The van der Waals surface area contributed by atoms with E-state index in [4.69, 9.17) is 21.1 Å². The summed E-state index contributed by atoms with van der Waals surface area (Å²) in [6.07, 6.45) is 0.287. The fourth-order valence-electron chi connectivity index (χ4n) is 0.920. The molecule has 1 fully saturated rings. The quantitative estimate of drug-likeness (QED) is 0.782.